The quantitative estimate of drug-likeness (QED) is 0.768. The SMILES string of the molecule is COC(=O)C(C)CS(=O)(=O)Cc1cc(C#N)ccc1F. The fourth-order valence-corrected chi connectivity index (χ4v) is 3.41. The minimum Gasteiger partial charge on any atom is -0.469 e. The Kier molecular flexibility index (Phi) is 5.22. The molecule has 0 aliphatic heterocycles. The second kappa shape index (κ2) is 6.48. The monoisotopic (exact) mass is 299 g/mol. The largest absolute Gasteiger partial charge is 0.469 e. The van der Waals surface area contributed by atoms with Crippen LogP contribution in [0.3, 0.4) is 0 Å². The highest BCUT2D eigenvalue weighted by Gasteiger charge is 2.23. The first-order chi connectivity index (χ1) is 9.29. The highest BCUT2D eigenvalue weighted by Crippen LogP contribution is 2.16. The Hall–Kier alpha value is -1.94. The molecule has 0 aromatic heterocycles. The smallest absolute Gasteiger partial charge is 0.309 e. The lowest BCUT2D eigenvalue weighted by atomic mass is 10.1. The molecule has 0 radical (unpaired) electrons. The summed E-state index contributed by atoms with van der Waals surface area (Å²) in [5, 5.41) is 8.72. The van der Waals surface area contributed by atoms with Gasteiger partial charge >= 0.3 is 5.97 Å². The summed E-state index contributed by atoms with van der Waals surface area (Å²) < 4.78 is 41.8. The predicted molar refractivity (Wildman–Crippen MR) is 69.8 cm³/mol. The van der Waals surface area contributed by atoms with Gasteiger partial charge in [-0.1, -0.05) is 6.92 Å². The summed E-state index contributed by atoms with van der Waals surface area (Å²) in [7, 11) is -2.52. The van der Waals surface area contributed by atoms with E-state index in [0.717, 1.165) is 6.07 Å². The average Bonchev–Trinajstić information content (AvgIpc) is 2.39. The molecule has 1 unspecified atom stereocenters. The summed E-state index contributed by atoms with van der Waals surface area (Å²) in [6, 6.07) is 5.32. The lowest BCUT2D eigenvalue weighted by Gasteiger charge is -2.10. The molecule has 0 saturated carbocycles. The third kappa shape index (κ3) is 4.31. The fourth-order valence-electron chi connectivity index (χ4n) is 1.70. The summed E-state index contributed by atoms with van der Waals surface area (Å²) in [6.45, 7) is 1.42. The molecule has 0 amide bonds. The molecule has 1 aromatic carbocycles. The number of hydrogen-bond acceptors (Lipinski definition) is 5. The molecular formula is C13H14FNO4S. The summed E-state index contributed by atoms with van der Waals surface area (Å²) in [4.78, 5) is 11.2. The van der Waals surface area contributed by atoms with E-state index in [1.807, 2.05) is 6.07 Å². The first-order valence-corrected chi connectivity index (χ1v) is 7.58. The van der Waals surface area contributed by atoms with Crippen molar-refractivity contribution in [2.45, 2.75) is 12.7 Å². The molecule has 108 valence electrons. The Bertz CT molecular complexity index is 649. The molecule has 0 spiro atoms. The van der Waals surface area contributed by atoms with Gasteiger partial charge in [0.1, 0.15) is 5.82 Å². The topological polar surface area (TPSA) is 84.2 Å². The van der Waals surface area contributed by atoms with Crippen LogP contribution in [0.2, 0.25) is 0 Å². The molecule has 0 N–H and O–H groups in total. The number of carbonyl (C=O) groups excluding carboxylic acids is 1. The van der Waals surface area contributed by atoms with Crippen LogP contribution in [0.4, 0.5) is 4.39 Å². The van der Waals surface area contributed by atoms with Crippen LogP contribution in [-0.4, -0.2) is 27.2 Å². The number of ether oxygens (including phenoxy) is 1. The highest BCUT2D eigenvalue weighted by atomic mass is 32.2. The van der Waals surface area contributed by atoms with Crippen LogP contribution in [-0.2, 0) is 25.1 Å². The lowest BCUT2D eigenvalue weighted by molar-refractivity contribution is -0.144. The van der Waals surface area contributed by atoms with Gasteiger partial charge in [-0.3, -0.25) is 4.79 Å². The zero-order valence-electron chi connectivity index (χ0n) is 11.1. The van der Waals surface area contributed by atoms with Crippen molar-refractivity contribution < 1.29 is 22.3 Å². The van der Waals surface area contributed by atoms with Gasteiger partial charge in [-0.25, -0.2) is 12.8 Å². The first kappa shape index (κ1) is 16.1. The molecule has 20 heavy (non-hydrogen) atoms. The first-order valence-electron chi connectivity index (χ1n) is 5.76. The summed E-state index contributed by atoms with van der Waals surface area (Å²) in [6.07, 6.45) is 0. The van der Waals surface area contributed by atoms with Crippen LogP contribution in [0.1, 0.15) is 18.1 Å². The minimum absolute atomic E-state index is 0.0823. The van der Waals surface area contributed by atoms with Gasteiger partial charge in [-0.15, -0.1) is 0 Å². The number of methoxy groups -OCH3 is 1. The molecule has 1 atom stereocenters. The maximum atomic E-state index is 13.5. The van der Waals surface area contributed by atoms with Crippen molar-refractivity contribution in [1.82, 2.24) is 0 Å². The third-order valence-corrected chi connectivity index (χ3v) is 4.42. The van der Waals surface area contributed by atoms with Gasteiger partial charge < -0.3 is 4.74 Å². The normalized spacial score (nSPS) is 12.5. The Balaban J connectivity index is 2.92. The fraction of sp³-hybridized carbons (Fsp3) is 0.385. The Labute approximate surface area is 116 Å². The standard InChI is InChI=1S/C13H14FNO4S/c1-9(13(16)19-2)7-20(17,18)8-11-5-10(6-15)3-4-12(11)14/h3-5,9H,7-8H2,1-2H3. The van der Waals surface area contributed by atoms with Gasteiger partial charge in [-0.05, 0) is 18.2 Å². The lowest BCUT2D eigenvalue weighted by Crippen LogP contribution is -2.23. The molecule has 5 nitrogen and oxygen atoms in total. The Morgan fingerprint density at radius 3 is 2.70 bits per heavy atom. The number of nitriles is 1. The molecule has 0 fully saturated rings. The van der Waals surface area contributed by atoms with Crippen LogP contribution in [0.25, 0.3) is 0 Å². The summed E-state index contributed by atoms with van der Waals surface area (Å²) >= 11 is 0. The average molecular weight is 299 g/mol. The second-order valence-electron chi connectivity index (χ2n) is 4.40. The van der Waals surface area contributed by atoms with Gasteiger partial charge in [0.05, 0.1) is 36.2 Å². The van der Waals surface area contributed by atoms with Crippen molar-refractivity contribution in [1.29, 1.82) is 5.26 Å². The third-order valence-electron chi connectivity index (χ3n) is 2.66. The molecule has 1 rings (SSSR count). The van der Waals surface area contributed by atoms with Crippen molar-refractivity contribution in [3.05, 3.63) is 35.1 Å². The van der Waals surface area contributed by atoms with Crippen molar-refractivity contribution >= 4 is 15.8 Å². The summed E-state index contributed by atoms with van der Waals surface area (Å²) in [5.74, 6) is -3.16. The van der Waals surface area contributed by atoms with E-state index >= 15 is 0 Å². The summed E-state index contributed by atoms with van der Waals surface area (Å²) in [5.41, 5.74) is 0.0960. The number of carbonyl (C=O) groups is 1. The Morgan fingerprint density at radius 2 is 2.15 bits per heavy atom. The van der Waals surface area contributed by atoms with Crippen LogP contribution in [0.5, 0.6) is 0 Å². The van der Waals surface area contributed by atoms with Crippen LogP contribution in [0.15, 0.2) is 18.2 Å². The molecule has 1 aromatic rings. The number of esters is 1. The number of sulfone groups is 1. The molecule has 0 bridgehead atoms. The second-order valence-corrected chi connectivity index (χ2v) is 6.51. The highest BCUT2D eigenvalue weighted by molar-refractivity contribution is 7.90. The van der Waals surface area contributed by atoms with E-state index in [9.17, 15) is 17.6 Å². The minimum atomic E-state index is -3.69. The van der Waals surface area contributed by atoms with Gasteiger partial charge in [0.15, 0.2) is 9.84 Å². The molecule has 0 aliphatic rings. The number of rotatable bonds is 5. The van der Waals surface area contributed by atoms with Crippen molar-refractivity contribution in [2.24, 2.45) is 5.92 Å². The van der Waals surface area contributed by atoms with Crippen LogP contribution in [0, 0.1) is 23.1 Å². The van der Waals surface area contributed by atoms with E-state index in [1.54, 1.807) is 0 Å². The predicted octanol–water partition coefficient (Wildman–Crippen LogP) is 1.42. The maximum absolute atomic E-state index is 13.5. The van der Waals surface area contributed by atoms with Crippen LogP contribution < -0.4 is 0 Å². The number of nitrogens with zero attached hydrogens (tertiary/aromatic N) is 1. The van der Waals surface area contributed by atoms with E-state index in [0.29, 0.717) is 0 Å². The molecule has 0 saturated heterocycles. The van der Waals surface area contributed by atoms with Crippen LogP contribution >= 0.6 is 0 Å². The molecule has 7 heteroatoms. The van der Waals surface area contributed by atoms with Gasteiger partial charge in [0, 0.05) is 5.56 Å². The zero-order valence-corrected chi connectivity index (χ0v) is 11.9. The van der Waals surface area contributed by atoms with Crippen molar-refractivity contribution in [3.63, 3.8) is 0 Å². The zero-order chi connectivity index (χ0) is 15.3. The van der Waals surface area contributed by atoms with Gasteiger partial charge in [0.2, 0.25) is 0 Å². The van der Waals surface area contributed by atoms with E-state index < -0.39 is 39.0 Å². The van der Waals surface area contributed by atoms with Gasteiger partial charge in [0.25, 0.3) is 0 Å². The molecular weight excluding hydrogens is 285 g/mol. The molecule has 0 aliphatic carbocycles. The Morgan fingerprint density at radius 1 is 1.50 bits per heavy atom. The van der Waals surface area contributed by atoms with E-state index in [-0.39, 0.29) is 11.1 Å². The number of benzene rings is 1. The van der Waals surface area contributed by atoms with E-state index in [4.69, 9.17) is 5.26 Å². The van der Waals surface area contributed by atoms with Crippen molar-refractivity contribution in [3.8, 4) is 6.07 Å². The molecule has 0 heterocycles. The van der Waals surface area contributed by atoms with Crippen molar-refractivity contribution in [2.75, 3.05) is 12.9 Å². The number of hydrogen-bond donors (Lipinski definition) is 0. The maximum Gasteiger partial charge on any atom is 0.309 e. The van der Waals surface area contributed by atoms with Gasteiger partial charge in [-0.2, -0.15) is 5.26 Å². The van der Waals surface area contributed by atoms with E-state index in [2.05, 4.69) is 4.74 Å². The number of halogens is 1. The van der Waals surface area contributed by atoms with E-state index in [1.165, 1.54) is 26.2 Å².